The van der Waals surface area contributed by atoms with Crippen molar-refractivity contribution in [3.63, 3.8) is 0 Å². The smallest absolute Gasteiger partial charge is 0.408 e. The lowest BCUT2D eigenvalue weighted by Crippen LogP contribution is -2.34. The van der Waals surface area contributed by atoms with Gasteiger partial charge in [-0.2, -0.15) is 0 Å². The minimum atomic E-state index is -0.376. The average molecular weight is 346 g/mol. The largest absolute Gasteiger partial charge is 0.419 e. The number of hydrogen-bond acceptors (Lipinski definition) is 5. The molecule has 1 saturated carbocycles. The van der Waals surface area contributed by atoms with Crippen LogP contribution < -0.4 is 16.8 Å². The van der Waals surface area contributed by atoms with Crippen LogP contribution in [0.3, 0.4) is 0 Å². The summed E-state index contributed by atoms with van der Waals surface area (Å²) in [5.74, 6) is -0.418. The van der Waals surface area contributed by atoms with Crippen molar-refractivity contribution < 1.29 is 9.21 Å². The van der Waals surface area contributed by atoms with Crippen molar-refractivity contribution in [2.45, 2.75) is 38.3 Å². The Bertz CT molecular complexity index is 808. The first-order valence-corrected chi connectivity index (χ1v) is 8.78. The molecule has 1 aromatic carbocycles. The zero-order chi connectivity index (χ0) is 18.0. The molecule has 2 unspecified atom stereocenters. The number of nitrogens with zero attached hydrogens (tertiary/aromatic N) is 2. The van der Waals surface area contributed by atoms with Crippen LogP contribution in [0.5, 0.6) is 0 Å². The second kappa shape index (κ2) is 7.41. The SMILES string of the molecule is CN(C)CCn1c(=O)oc2ccc(NC(=O)C3CCCC(N)C3)cc21. The summed E-state index contributed by atoms with van der Waals surface area (Å²) < 4.78 is 6.88. The van der Waals surface area contributed by atoms with Gasteiger partial charge in [0.15, 0.2) is 5.58 Å². The van der Waals surface area contributed by atoms with Gasteiger partial charge in [-0.25, -0.2) is 4.79 Å². The van der Waals surface area contributed by atoms with Crippen LogP contribution in [0.4, 0.5) is 5.69 Å². The molecular formula is C18H26N4O3. The highest BCUT2D eigenvalue weighted by atomic mass is 16.4. The molecule has 1 aliphatic carbocycles. The van der Waals surface area contributed by atoms with E-state index in [1.54, 1.807) is 22.8 Å². The van der Waals surface area contributed by atoms with Crippen LogP contribution in [-0.4, -0.2) is 42.1 Å². The van der Waals surface area contributed by atoms with Crippen molar-refractivity contribution in [1.82, 2.24) is 9.47 Å². The molecule has 1 heterocycles. The highest BCUT2D eigenvalue weighted by molar-refractivity contribution is 5.94. The van der Waals surface area contributed by atoms with Gasteiger partial charge in [-0.05, 0) is 51.6 Å². The van der Waals surface area contributed by atoms with Crippen molar-refractivity contribution in [3.05, 3.63) is 28.7 Å². The molecular weight excluding hydrogens is 320 g/mol. The molecule has 0 bridgehead atoms. The monoisotopic (exact) mass is 346 g/mol. The van der Waals surface area contributed by atoms with Crippen LogP contribution in [0.1, 0.15) is 25.7 Å². The Morgan fingerprint density at radius 2 is 2.20 bits per heavy atom. The van der Waals surface area contributed by atoms with E-state index in [2.05, 4.69) is 5.32 Å². The Morgan fingerprint density at radius 1 is 1.40 bits per heavy atom. The zero-order valence-electron chi connectivity index (χ0n) is 14.8. The van der Waals surface area contributed by atoms with E-state index < -0.39 is 0 Å². The summed E-state index contributed by atoms with van der Waals surface area (Å²) in [4.78, 5) is 26.5. The van der Waals surface area contributed by atoms with Gasteiger partial charge in [0.1, 0.15) is 0 Å². The zero-order valence-corrected chi connectivity index (χ0v) is 14.8. The maximum atomic E-state index is 12.5. The number of carbonyl (C=O) groups excluding carboxylic acids is 1. The van der Waals surface area contributed by atoms with Crippen LogP contribution in [0.15, 0.2) is 27.4 Å². The number of likely N-dealkylation sites (N-methyl/N-ethyl adjacent to an activating group) is 1. The summed E-state index contributed by atoms with van der Waals surface area (Å²) in [6.07, 6.45) is 3.58. The molecule has 0 saturated heterocycles. The van der Waals surface area contributed by atoms with Crippen LogP contribution in [0.2, 0.25) is 0 Å². The van der Waals surface area contributed by atoms with Crippen molar-refractivity contribution in [2.75, 3.05) is 26.0 Å². The van der Waals surface area contributed by atoms with Gasteiger partial charge in [0, 0.05) is 30.7 Å². The summed E-state index contributed by atoms with van der Waals surface area (Å²) in [5.41, 5.74) is 7.88. The molecule has 3 rings (SSSR count). The molecule has 3 N–H and O–H groups in total. The van der Waals surface area contributed by atoms with Gasteiger partial charge < -0.3 is 20.4 Å². The molecule has 1 amide bonds. The first kappa shape index (κ1) is 17.7. The molecule has 7 nitrogen and oxygen atoms in total. The summed E-state index contributed by atoms with van der Waals surface area (Å²) in [6.45, 7) is 1.26. The fourth-order valence-corrected chi connectivity index (χ4v) is 3.36. The number of carbonyl (C=O) groups is 1. The molecule has 7 heteroatoms. The molecule has 1 fully saturated rings. The Balaban J connectivity index is 1.79. The number of nitrogens with two attached hydrogens (primary N) is 1. The maximum Gasteiger partial charge on any atom is 0.419 e. The predicted octanol–water partition coefficient (Wildman–Crippen LogP) is 1.61. The molecule has 2 aromatic rings. The van der Waals surface area contributed by atoms with Gasteiger partial charge >= 0.3 is 5.76 Å². The first-order valence-electron chi connectivity index (χ1n) is 8.78. The second-order valence-electron chi connectivity index (χ2n) is 7.12. The van der Waals surface area contributed by atoms with E-state index in [0.29, 0.717) is 23.3 Å². The van der Waals surface area contributed by atoms with Crippen LogP contribution in [0, 0.1) is 5.92 Å². The van der Waals surface area contributed by atoms with Crippen molar-refractivity contribution in [3.8, 4) is 0 Å². The Kier molecular flexibility index (Phi) is 5.24. The number of nitrogens with one attached hydrogen (secondary N) is 1. The number of rotatable bonds is 5. The minimum Gasteiger partial charge on any atom is -0.408 e. The number of hydrogen-bond donors (Lipinski definition) is 2. The van der Waals surface area contributed by atoms with E-state index in [-0.39, 0.29) is 23.6 Å². The third-order valence-corrected chi connectivity index (χ3v) is 4.79. The number of anilines is 1. The van der Waals surface area contributed by atoms with Gasteiger partial charge in [0.2, 0.25) is 5.91 Å². The third kappa shape index (κ3) is 4.11. The van der Waals surface area contributed by atoms with Crippen molar-refractivity contribution in [2.24, 2.45) is 11.7 Å². The quantitative estimate of drug-likeness (QED) is 0.858. The van der Waals surface area contributed by atoms with Crippen molar-refractivity contribution in [1.29, 1.82) is 0 Å². The maximum absolute atomic E-state index is 12.5. The normalized spacial score (nSPS) is 21.0. The summed E-state index contributed by atoms with van der Waals surface area (Å²) in [5, 5.41) is 2.96. The fraction of sp³-hybridized carbons (Fsp3) is 0.556. The van der Waals surface area contributed by atoms with E-state index in [9.17, 15) is 9.59 Å². The average Bonchev–Trinajstić information content (AvgIpc) is 2.87. The minimum absolute atomic E-state index is 0.000170. The number of fused-ring (bicyclic) bond motifs is 1. The van der Waals surface area contributed by atoms with Crippen LogP contribution >= 0.6 is 0 Å². The number of oxazole rings is 1. The molecule has 0 spiro atoms. The summed E-state index contributed by atoms with van der Waals surface area (Å²) >= 11 is 0. The Morgan fingerprint density at radius 3 is 2.92 bits per heavy atom. The van der Waals surface area contributed by atoms with Crippen molar-refractivity contribution >= 4 is 22.7 Å². The van der Waals surface area contributed by atoms with Crippen LogP contribution in [0.25, 0.3) is 11.1 Å². The van der Waals surface area contributed by atoms with E-state index in [1.165, 1.54) is 0 Å². The Hall–Kier alpha value is -2.12. The molecule has 1 aliphatic rings. The third-order valence-electron chi connectivity index (χ3n) is 4.79. The highest BCUT2D eigenvalue weighted by Gasteiger charge is 2.25. The summed E-state index contributed by atoms with van der Waals surface area (Å²) in [7, 11) is 3.90. The van der Waals surface area contributed by atoms with Gasteiger partial charge in [-0.1, -0.05) is 6.42 Å². The number of aromatic nitrogens is 1. The molecule has 25 heavy (non-hydrogen) atoms. The molecule has 1 aromatic heterocycles. The Labute approximate surface area is 146 Å². The van der Waals surface area contributed by atoms with E-state index in [0.717, 1.165) is 32.2 Å². The van der Waals surface area contributed by atoms with Gasteiger partial charge in [-0.15, -0.1) is 0 Å². The van der Waals surface area contributed by atoms with Crippen LogP contribution in [-0.2, 0) is 11.3 Å². The first-order chi connectivity index (χ1) is 11.9. The fourth-order valence-electron chi connectivity index (χ4n) is 3.36. The number of amides is 1. The lowest BCUT2D eigenvalue weighted by molar-refractivity contribution is -0.120. The molecule has 136 valence electrons. The van der Waals surface area contributed by atoms with E-state index in [1.807, 2.05) is 19.0 Å². The lowest BCUT2D eigenvalue weighted by Gasteiger charge is -2.25. The molecule has 2 atom stereocenters. The predicted molar refractivity (Wildman–Crippen MR) is 97.6 cm³/mol. The second-order valence-corrected chi connectivity index (χ2v) is 7.12. The molecule has 0 aliphatic heterocycles. The van der Waals surface area contributed by atoms with Gasteiger partial charge in [0.25, 0.3) is 0 Å². The van der Waals surface area contributed by atoms with E-state index >= 15 is 0 Å². The lowest BCUT2D eigenvalue weighted by atomic mass is 9.85. The van der Waals surface area contributed by atoms with Gasteiger partial charge in [0.05, 0.1) is 5.52 Å². The summed E-state index contributed by atoms with van der Waals surface area (Å²) in [6, 6.07) is 5.40. The molecule has 0 radical (unpaired) electrons. The number of benzene rings is 1. The highest BCUT2D eigenvalue weighted by Crippen LogP contribution is 2.25. The topological polar surface area (TPSA) is 93.5 Å². The van der Waals surface area contributed by atoms with Gasteiger partial charge in [-0.3, -0.25) is 9.36 Å². The van der Waals surface area contributed by atoms with E-state index in [4.69, 9.17) is 10.2 Å². The standard InChI is InChI=1S/C18H26N4O3/c1-21(2)8-9-22-15-11-14(6-7-16(15)25-18(22)24)20-17(23)12-4-3-5-13(19)10-12/h6-7,11-13H,3-5,8-10,19H2,1-2H3,(H,20,23).